The van der Waals surface area contributed by atoms with Crippen LogP contribution in [-0.2, 0) is 19.6 Å². The second-order valence-corrected chi connectivity index (χ2v) is 9.92. The summed E-state index contributed by atoms with van der Waals surface area (Å²) in [4.78, 5) is 25.0. The molecule has 3 rings (SSSR count). The fourth-order valence-electron chi connectivity index (χ4n) is 3.36. The quantitative estimate of drug-likeness (QED) is 0.624. The van der Waals surface area contributed by atoms with Crippen LogP contribution >= 0.6 is 11.6 Å². The number of hydrogen-bond donors (Lipinski definition) is 1. The standard InChI is InChI=1S/C22H24ClFN2O5S/c1-14-6-7-16(12-20(14)32(29,30)26-10-4-3-5-11-26)22(28)31-15(2)21(27)25-19-9-8-17(24)13-18(19)23/h6-9,12-13,15H,3-5,10-11H2,1-2H3,(H,25,27)/t15-/m0/s1. The van der Waals surface area contributed by atoms with Crippen molar-refractivity contribution >= 4 is 39.2 Å². The summed E-state index contributed by atoms with van der Waals surface area (Å²) < 4.78 is 45.9. The first-order valence-corrected chi connectivity index (χ1v) is 12.0. The molecule has 1 fully saturated rings. The lowest BCUT2D eigenvalue weighted by Gasteiger charge is -2.26. The van der Waals surface area contributed by atoms with E-state index in [0.29, 0.717) is 18.7 Å². The second-order valence-electron chi connectivity index (χ2n) is 7.61. The number of ether oxygens (including phenoxy) is 1. The Balaban J connectivity index is 1.73. The molecule has 7 nitrogen and oxygen atoms in total. The van der Waals surface area contributed by atoms with Crippen LogP contribution in [0.5, 0.6) is 0 Å². The van der Waals surface area contributed by atoms with Gasteiger partial charge in [-0.05, 0) is 62.6 Å². The number of carbonyl (C=O) groups excluding carboxylic acids is 2. The van der Waals surface area contributed by atoms with E-state index in [0.717, 1.165) is 31.4 Å². The summed E-state index contributed by atoms with van der Waals surface area (Å²) in [5, 5.41) is 2.47. The minimum Gasteiger partial charge on any atom is -0.449 e. The molecule has 0 unspecified atom stereocenters. The summed E-state index contributed by atoms with van der Waals surface area (Å²) in [6, 6.07) is 7.74. The van der Waals surface area contributed by atoms with Crippen molar-refractivity contribution in [2.75, 3.05) is 18.4 Å². The maximum atomic E-state index is 13.2. The van der Waals surface area contributed by atoms with E-state index in [-0.39, 0.29) is 21.2 Å². The molecule has 0 spiro atoms. The Morgan fingerprint density at radius 3 is 2.47 bits per heavy atom. The zero-order chi connectivity index (χ0) is 23.5. The Kier molecular flexibility index (Phi) is 7.53. The highest BCUT2D eigenvalue weighted by Crippen LogP contribution is 2.25. The van der Waals surface area contributed by atoms with Crippen LogP contribution in [0.3, 0.4) is 0 Å². The summed E-state index contributed by atoms with van der Waals surface area (Å²) in [7, 11) is -3.74. The Labute approximate surface area is 191 Å². The number of rotatable bonds is 6. The molecule has 2 aromatic rings. The van der Waals surface area contributed by atoms with Gasteiger partial charge in [0.15, 0.2) is 6.10 Å². The number of sulfonamides is 1. The third-order valence-electron chi connectivity index (χ3n) is 5.20. The first-order valence-electron chi connectivity index (χ1n) is 10.2. The zero-order valence-electron chi connectivity index (χ0n) is 17.7. The summed E-state index contributed by atoms with van der Waals surface area (Å²) in [6.07, 6.45) is 1.38. The predicted molar refractivity (Wildman–Crippen MR) is 119 cm³/mol. The van der Waals surface area contributed by atoms with Crippen molar-refractivity contribution in [1.29, 1.82) is 0 Å². The Bertz CT molecular complexity index is 1130. The third kappa shape index (κ3) is 5.46. The molecule has 1 aliphatic rings. The fourth-order valence-corrected chi connectivity index (χ4v) is 5.34. The summed E-state index contributed by atoms with van der Waals surface area (Å²) in [5.74, 6) is -2.06. The van der Waals surface area contributed by atoms with Crippen LogP contribution in [0.1, 0.15) is 42.1 Å². The van der Waals surface area contributed by atoms with Crippen molar-refractivity contribution in [2.24, 2.45) is 0 Å². The number of amides is 1. The van der Waals surface area contributed by atoms with E-state index in [9.17, 15) is 22.4 Å². The molecule has 0 aliphatic carbocycles. The van der Waals surface area contributed by atoms with Crippen molar-refractivity contribution < 1.29 is 27.1 Å². The van der Waals surface area contributed by atoms with Crippen molar-refractivity contribution in [2.45, 2.75) is 44.1 Å². The molecule has 1 aliphatic heterocycles. The van der Waals surface area contributed by atoms with Gasteiger partial charge in [-0.1, -0.05) is 24.1 Å². The molecule has 0 bridgehead atoms. The molecule has 0 radical (unpaired) electrons. The Hall–Kier alpha value is -2.49. The number of halogens is 2. The van der Waals surface area contributed by atoms with E-state index in [2.05, 4.69) is 5.32 Å². The number of anilines is 1. The van der Waals surface area contributed by atoms with Gasteiger partial charge in [0.05, 0.1) is 21.2 Å². The van der Waals surface area contributed by atoms with Crippen LogP contribution in [-0.4, -0.2) is 43.8 Å². The van der Waals surface area contributed by atoms with Crippen LogP contribution in [0.4, 0.5) is 10.1 Å². The molecule has 32 heavy (non-hydrogen) atoms. The fraction of sp³-hybridized carbons (Fsp3) is 0.364. The maximum absolute atomic E-state index is 13.2. The summed E-state index contributed by atoms with van der Waals surface area (Å²) >= 11 is 5.90. The maximum Gasteiger partial charge on any atom is 0.338 e. The normalized spacial score (nSPS) is 15.8. The van der Waals surface area contributed by atoms with Crippen LogP contribution in [0.25, 0.3) is 0 Å². The molecule has 1 atom stereocenters. The number of benzene rings is 2. The highest BCUT2D eigenvalue weighted by atomic mass is 35.5. The molecule has 10 heteroatoms. The van der Waals surface area contributed by atoms with Crippen LogP contribution in [0, 0.1) is 12.7 Å². The minimum atomic E-state index is -3.74. The van der Waals surface area contributed by atoms with Gasteiger partial charge in [0.1, 0.15) is 5.82 Å². The molecule has 1 saturated heterocycles. The van der Waals surface area contributed by atoms with Gasteiger partial charge in [-0.3, -0.25) is 4.79 Å². The number of hydrogen-bond acceptors (Lipinski definition) is 5. The zero-order valence-corrected chi connectivity index (χ0v) is 19.3. The number of nitrogens with one attached hydrogen (secondary N) is 1. The van der Waals surface area contributed by atoms with E-state index >= 15 is 0 Å². The second kappa shape index (κ2) is 9.97. The third-order valence-corrected chi connectivity index (χ3v) is 7.55. The van der Waals surface area contributed by atoms with Gasteiger partial charge in [0.25, 0.3) is 5.91 Å². The van der Waals surface area contributed by atoms with Crippen LogP contribution in [0.15, 0.2) is 41.3 Å². The van der Waals surface area contributed by atoms with Gasteiger partial charge in [-0.25, -0.2) is 17.6 Å². The largest absolute Gasteiger partial charge is 0.449 e. The molecule has 1 heterocycles. The summed E-state index contributed by atoms with van der Waals surface area (Å²) in [6.45, 7) is 3.91. The predicted octanol–water partition coefficient (Wildman–Crippen LogP) is 4.15. The first-order chi connectivity index (χ1) is 15.1. The molecule has 172 valence electrons. The van der Waals surface area contributed by atoms with Crippen molar-refractivity contribution in [3.05, 3.63) is 58.4 Å². The lowest BCUT2D eigenvalue weighted by Crippen LogP contribution is -2.36. The average molecular weight is 483 g/mol. The average Bonchev–Trinajstić information content (AvgIpc) is 2.76. The molecule has 1 N–H and O–H groups in total. The SMILES string of the molecule is Cc1ccc(C(=O)O[C@@H](C)C(=O)Nc2ccc(F)cc2Cl)cc1S(=O)(=O)N1CCCCC1. The molecular weight excluding hydrogens is 459 g/mol. The van der Waals surface area contributed by atoms with Gasteiger partial charge in [-0.2, -0.15) is 4.31 Å². The van der Waals surface area contributed by atoms with Crippen LogP contribution in [0.2, 0.25) is 5.02 Å². The molecule has 2 aromatic carbocycles. The Morgan fingerprint density at radius 2 is 1.81 bits per heavy atom. The number of esters is 1. The highest BCUT2D eigenvalue weighted by molar-refractivity contribution is 7.89. The topological polar surface area (TPSA) is 92.8 Å². The van der Waals surface area contributed by atoms with E-state index in [1.807, 2.05) is 0 Å². The monoisotopic (exact) mass is 482 g/mol. The van der Waals surface area contributed by atoms with E-state index < -0.39 is 33.8 Å². The number of nitrogens with zero attached hydrogens (tertiary/aromatic N) is 1. The molecule has 1 amide bonds. The van der Waals surface area contributed by atoms with E-state index in [1.165, 1.54) is 35.5 Å². The molecule has 0 aromatic heterocycles. The first kappa shape index (κ1) is 24.2. The lowest BCUT2D eigenvalue weighted by molar-refractivity contribution is -0.123. The lowest BCUT2D eigenvalue weighted by atomic mass is 10.1. The van der Waals surface area contributed by atoms with Crippen LogP contribution < -0.4 is 5.32 Å². The highest BCUT2D eigenvalue weighted by Gasteiger charge is 2.29. The number of aryl methyl sites for hydroxylation is 1. The van der Waals surface area contributed by atoms with Gasteiger partial charge in [0, 0.05) is 13.1 Å². The van der Waals surface area contributed by atoms with Crippen molar-refractivity contribution in [1.82, 2.24) is 4.31 Å². The summed E-state index contributed by atoms with van der Waals surface area (Å²) in [5.41, 5.74) is 0.709. The number of carbonyl (C=O) groups is 2. The van der Waals surface area contributed by atoms with Gasteiger partial charge >= 0.3 is 5.97 Å². The van der Waals surface area contributed by atoms with E-state index in [4.69, 9.17) is 16.3 Å². The minimum absolute atomic E-state index is 0.00275. The Morgan fingerprint density at radius 1 is 1.12 bits per heavy atom. The smallest absolute Gasteiger partial charge is 0.338 e. The van der Waals surface area contributed by atoms with E-state index in [1.54, 1.807) is 6.92 Å². The van der Waals surface area contributed by atoms with Gasteiger partial charge in [0.2, 0.25) is 10.0 Å². The van der Waals surface area contributed by atoms with Crippen molar-refractivity contribution in [3.8, 4) is 0 Å². The van der Waals surface area contributed by atoms with Crippen molar-refractivity contribution in [3.63, 3.8) is 0 Å². The van der Waals surface area contributed by atoms with Gasteiger partial charge < -0.3 is 10.1 Å². The number of piperidine rings is 1. The van der Waals surface area contributed by atoms with Gasteiger partial charge in [-0.15, -0.1) is 0 Å². The molecule has 0 saturated carbocycles. The molecular formula is C22H24ClFN2O5S.